The molecular weight excluding hydrogens is 368 g/mol. The number of fused-ring (bicyclic) bond motifs is 1. The lowest BCUT2D eigenvalue weighted by atomic mass is 10.0. The van der Waals surface area contributed by atoms with E-state index in [2.05, 4.69) is 25.8 Å². The third-order valence-corrected chi connectivity index (χ3v) is 4.63. The topological polar surface area (TPSA) is 60.6 Å². The van der Waals surface area contributed by atoms with Gasteiger partial charge in [-0.05, 0) is 36.6 Å². The van der Waals surface area contributed by atoms with Gasteiger partial charge in [0.15, 0.2) is 0 Å². The van der Waals surface area contributed by atoms with Crippen molar-refractivity contribution in [3.05, 3.63) is 53.9 Å². The van der Waals surface area contributed by atoms with Gasteiger partial charge in [-0.15, -0.1) is 0 Å². The third kappa shape index (κ3) is 3.62. The summed E-state index contributed by atoms with van der Waals surface area (Å²) in [6.07, 6.45) is 1.99. The number of para-hydroxylation sites is 2. The van der Waals surface area contributed by atoms with Crippen LogP contribution >= 0.6 is 0 Å². The number of hydrogen-bond acceptors (Lipinski definition) is 6. The Hall–Kier alpha value is -3.16. The van der Waals surface area contributed by atoms with Crippen molar-refractivity contribution in [2.24, 2.45) is 0 Å². The molecule has 0 saturated carbocycles. The second kappa shape index (κ2) is 7.84. The first-order valence-corrected chi connectivity index (χ1v) is 8.93. The van der Waals surface area contributed by atoms with Crippen LogP contribution in [-0.2, 0) is 13.0 Å². The fraction of sp³-hybridized carbons (Fsp3) is 0.300. The van der Waals surface area contributed by atoms with Crippen LogP contribution in [0, 0.1) is 0 Å². The number of benzene rings is 2. The van der Waals surface area contributed by atoms with Crippen LogP contribution in [0.15, 0.2) is 47.0 Å². The largest absolute Gasteiger partial charge is 0.495 e. The molecule has 0 atom stereocenters. The number of alkyl halides is 2. The number of methoxy groups -OCH3 is 1. The standard InChI is InChI=1S/C20H19F2N3O3/c1-26-16-10-4-6-13-7-5-11-25(18(13)16)12-17-23-19(24-28-17)14-8-2-3-9-15(14)27-20(21)22/h2-4,6,8-10,20H,5,7,11-12H2,1H3. The lowest BCUT2D eigenvalue weighted by Crippen LogP contribution is -2.29. The van der Waals surface area contributed by atoms with E-state index in [1.165, 1.54) is 11.6 Å². The monoisotopic (exact) mass is 387 g/mol. The van der Waals surface area contributed by atoms with Gasteiger partial charge in [-0.2, -0.15) is 13.8 Å². The van der Waals surface area contributed by atoms with Crippen molar-refractivity contribution in [2.45, 2.75) is 26.0 Å². The molecule has 1 aliphatic rings. The summed E-state index contributed by atoms with van der Waals surface area (Å²) in [4.78, 5) is 6.52. The fourth-order valence-corrected chi connectivity index (χ4v) is 3.47. The van der Waals surface area contributed by atoms with Gasteiger partial charge in [0.25, 0.3) is 0 Å². The van der Waals surface area contributed by atoms with E-state index in [1.807, 2.05) is 12.1 Å². The molecule has 2 heterocycles. The zero-order chi connectivity index (χ0) is 19.5. The van der Waals surface area contributed by atoms with E-state index in [0.717, 1.165) is 30.8 Å². The highest BCUT2D eigenvalue weighted by Crippen LogP contribution is 2.37. The quantitative estimate of drug-likeness (QED) is 0.629. The van der Waals surface area contributed by atoms with Crippen molar-refractivity contribution in [1.82, 2.24) is 10.1 Å². The zero-order valence-corrected chi connectivity index (χ0v) is 15.3. The summed E-state index contributed by atoms with van der Waals surface area (Å²) in [7, 11) is 1.65. The Morgan fingerprint density at radius 3 is 2.79 bits per heavy atom. The smallest absolute Gasteiger partial charge is 0.387 e. The maximum absolute atomic E-state index is 12.6. The average molecular weight is 387 g/mol. The molecule has 1 aliphatic heterocycles. The van der Waals surface area contributed by atoms with Gasteiger partial charge in [0, 0.05) is 6.54 Å². The van der Waals surface area contributed by atoms with Crippen LogP contribution in [0.3, 0.4) is 0 Å². The zero-order valence-electron chi connectivity index (χ0n) is 15.3. The predicted molar refractivity (Wildman–Crippen MR) is 98.7 cm³/mol. The Morgan fingerprint density at radius 1 is 1.14 bits per heavy atom. The second-order valence-electron chi connectivity index (χ2n) is 6.38. The maximum Gasteiger partial charge on any atom is 0.387 e. The molecule has 0 N–H and O–H groups in total. The first kappa shape index (κ1) is 18.2. The van der Waals surface area contributed by atoms with Crippen LogP contribution in [0.2, 0.25) is 0 Å². The minimum absolute atomic E-state index is 0.00911. The molecule has 28 heavy (non-hydrogen) atoms. The second-order valence-corrected chi connectivity index (χ2v) is 6.38. The van der Waals surface area contributed by atoms with Gasteiger partial charge in [0.05, 0.1) is 24.9 Å². The van der Waals surface area contributed by atoms with Gasteiger partial charge in [-0.3, -0.25) is 0 Å². The highest BCUT2D eigenvalue weighted by atomic mass is 19.3. The molecule has 0 bridgehead atoms. The number of rotatable bonds is 6. The minimum Gasteiger partial charge on any atom is -0.495 e. The minimum atomic E-state index is -2.93. The first-order valence-electron chi connectivity index (χ1n) is 8.93. The van der Waals surface area contributed by atoms with E-state index in [0.29, 0.717) is 18.0 Å². The summed E-state index contributed by atoms with van der Waals surface area (Å²) < 4.78 is 40.7. The first-order chi connectivity index (χ1) is 13.7. The number of aromatic nitrogens is 2. The van der Waals surface area contributed by atoms with E-state index >= 15 is 0 Å². The molecule has 0 radical (unpaired) electrons. The molecule has 3 aromatic rings. The van der Waals surface area contributed by atoms with Crippen molar-refractivity contribution >= 4 is 5.69 Å². The van der Waals surface area contributed by atoms with E-state index in [4.69, 9.17) is 9.26 Å². The molecule has 0 spiro atoms. The van der Waals surface area contributed by atoms with Gasteiger partial charge in [-0.1, -0.05) is 29.4 Å². The SMILES string of the molecule is COc1cccc2c1N(Cc1nc(-c3ccccc3OC(F)F)no1)CCC2. The molecule has 4 rings (SSSR count). The Morgan fingerprint density at radius 2 is 1.96 bits per heavy atom. The van der Waals surface area contributed by atoms with E-state index < -0.39 is 6.61 Å². The van der Waals surface area contributed by atoms with E-state index in [-0.39, 0.29) is 11.6 Å². The molecule has 0 saturated heterocycles. The Bertz CT molecular complexity index is 947. The van der Waals surface area contributed by atoms with Crippen LogP contribution in [0.4, 0.5) is 14.5 Å². The van der Waals surface area contributed by atoms with Gasteiger partial charge in [0.2, 0.25) is 11.7 Å². The van der Waals surface area contributed by atoms with E-state index in [9.17, 15) is 8.78 Å². The Kier molecular flexibility index (Phi) is 5.10. The highest BCUT2D eigenvalue weighted by molar-refractivity contribution is 5.66. The summed E-state index contributed by atoms with van der Waals surface area (Å²) in [5.74, 6) is 1.41. The van der Waals surface area contributed by atoms with Crippen molar-refractivity contribution in [3.63, 3.8) is 0 Å². The molecule has 146 valence electrons. The maximum atomic E-state index is 12.6. The number of anilines is 1. The molecule has 6 nitrogen and oxygen atoms in total. The normalized spacial score (nSPS) is 13.5. The molecule has 0 amide bonds. The molecule has 0 fully saturated rings. The van der Waals surface area contributed by atoms with Crippen LogP contribution in [-0.4, -0.2) is 30.4 Å². The van der Waals surface area contributed by atoms with Gasteiger partial charge < -0.3 is 18.9 Å². The summed E-state index contributed by atoms with van der Waals surface area (Å²) in [6, 6.07) is 12.4. The molecule has 0 aliphatic carbocycles. The number of halogens is 2. The van der Waals surface area contributed by atoms with Gasteiger partial charge in [-0.25, -0.2) is 0 Å². The number of ether oxygens (including phenoxy) is 2. The van der Waals surface area contributed by atoms with Crippen molar-refractivity contribution in [1.29, 1.82) is 0 Å². The predicted octanol–water partition coefficient (Wildman–Crippen LogP) is 4.30. The summed E-state index contributed by atoms with van der Waals surface area (Å²) in [5.41, 5.74) is 2.59. The van der Waals surface area contributed by atoms with Gasteiger partial charge >= 0.3 is 6.61 Å². The third-order valence-electron chi connectivity index (χ3n) is 4.63. The number of hydrogen-bond donors (Lipinski definition) is 0. The van der Waals surface area contributed by atoms with Gasteiger partial charge in [0.1, 0.15) is 11.5 Å². The summed E-state index contributed by atoms with van der Waals surface area (Å²) in [5, 5.41) is 3.95. The van der Waals surface area contributed by atoms with Crippen molar-refractivity contribution in [2.75, 3.05) is 18.6 Å². The van der Waals surface area contributed by atoms with E-state index in [1.54, 1.807) is 25.3 Å². The van der Waals surface area contributed by atoms with Crippen LogP contribution in [0.5, 0.6) is 11.5 Å². The van der Waals surface area contributed by atoms with Crippen molar-refractivity contribution in [3.8, 4) is 22.9 Å². The molecule has 0 unspecified atom stereocenters. The highest BCUT2D eigenvalue weighted by Gasteiger charge is 2.23. The molecule has 1 aromatic heterocycles. The Balaban J connectivity index is 1.60. The van der Waals surface area contributed by atoms with Crippen LogP contribution < -0.4 is 14.4 Å². The number of nitrogens with zero attached hydrogens (tertiary/aromatic N) is 3. The van der Waals surface area contributed by atoms with Crippen molar-refractivity contribution < 1.29 is 22.8 Å². The number of aryl methyl sites for hydroxylation is 1. The average Bonchev–Trinajstić information content (AvgIpc) is 3.16. The summed E-state index contributed by atoms with van der Waals surface area (Å²) in [6.45, 7) is -1.70. The molecule has 8 heteroatoms. The molecular formula is C20H19F2N3O3. The van der Waals surface area contributed by atoms with Crippen LogP contribution in [0.25, 0.3) is 11.4 Å². The lowest BCUT2D eigenvalue weighted by molar-refractivity contribution is -0.0494. The fourth-order valence-electron chi connectivity index (χ4n) is 3.47. The summed E-state index contributed by atoms with van der Waals surface area (Å²) >= 11 is 0. The van der Waals surface area contributed by atoms with Crippen LogP contribution in [0.1, 0.15) is 17.9 Å². The lowest BCUT2D eigenvalue weighted by Gasteiger charge is -2.31. The molecule has 2 aromatic carbocycles. The Labute approximate surface area is 160 Å².